The third-order valence-electron chi connectivity index (χ3n) is 3.43. The molecule has 1 aromatic rings. The first-order valence-electron chi connectivity index (χ1n) is 6.09. The van der Waals surface area contributed by atoms with Crippen molar-refractivity contribution >= 4 is 17.6 Å². The Kier molecular flexibility index (Phi) is 3.44. The number of amides is 1. The summed E-state index contributed by atoms with van der Waals surface area (Å²) in [6.07, 6.45) is 3.12. The summed E-state index contributed by atoms with van der Waals surface area (Å²) < 4.78 is 0. The first-order valence-corrected chi connectivity index (χ1v) is 6.09. The highest BCUT2D eigenvalue weighted by molar-refractivity contribution is 5.99. The van der Waals surface area contributed by atoms with Crippen molar-refractivity contribution in [2.75, 3.05) is 5.32 Å². The zero-order valence-corrected chi connectivity index (χ0v) is 10.3. The Labute approximate surface area is 110 Å². The lowest BCUT2D eigenvalue weighted by Crippen LogP contribution is -2.48. The van der Waals surface area contributed by atoms with Gasteiger partial charge in [0.05, 0.1) is 5.54 Å². The van der Waals surface area contributed by atoms with Crippen molar-refractivity contribution in [1.82, 2.24) is 0 Å². The highest BCUT2D eigenvalue weighted by atomic mass is 16.4. The minimum atomic E-state index is -1.22. The van der Waals surface area contributed by atoms with Crippen LogP contribution in [0.5, 0.6) is 5.75 Å². The number of phenols is 1. The van der Waals surface area contributed by atoms with Gasteiger partial charge in [-0.3, -0.25) is 4.79 Å². The molecule has 0 radical (unpaired) electrons. The zero-order chi connectivity index (χ0) is 14.0. The topological polar surface area (TPSA) is 113 Å². The van der Waals surface area contributed by atoms with Crippen molar-refractivity contribution in [3.05, 3.63) is 23.8 Å². The maximum Gasteiger partial charge on any atom is 0.339 e. The van der Waals surface area contributed by atoms with E-state index in [4.69, 9.17) is 10.8 Å². The molecule has 1 aromatic carbocycles. The maximum atomic E-state index is 12.0. The molecule has 1 saturated carbocycles. The molecule has 1 amide bonds. The van der Waals surface area contributed by atoms with Crippen molar-refractivity contribution in [3.63, 3.8) is 0 Å². The van der Waals surface area contributed by atoms with Gasteiger partial charge < -0.3 is 21.3 Å². The van der Waals surface area contributed by atoms with E-state index in [1.54, 1.807) is 0 Å². The van der Waals surface area contributed by atoms with E-state index in [0.717, 1.165) is 12.8 Å². The fourth-order valence-electron chi connectivity index (χ4n) is 2.28. The molecule has 0 bridgehead atoms. The number of carbonyl (C=O) groups is 2. The fraction of sp³-hybridized carbons (Fsp3) is 0.385. The van der Waals surface area contributed by atoms with Crippen molar-refractivity contribution in [3.8, 4) is 5.75 Å². The van der Waals surface area contributed by atoms with Crippen LogP contribution in [0.15, 0.2) is 18.2 Å². The van der Waals surface area contributed by atoms with Gasteiger partial charge in [0.2, 0.25) is 5.91 Å². The third kappa shape index (κ3) is 2.68. The summed E-state index contributed by atoms with van der Waals surface area (Å²) >= 11 is 0. The van der Waals surface area contributed by atoms with E-state index in [2.05, 4.69) is 5.32 Å². The number of rotatable bonds is 3. The predicted octanol–water partition coefficient (Wildman–Crippen LogP) is 1.30. The lowest BCUT2D eigenvalue weighted by molar-refractivity contribution is -0.121. The molecule has 0 unspecified atom stereocenters. The Balaban J connectivity index is 2.13. The quantitative estimate of drug-likeness (QED) is 0.657. The number of carboxylic acids is 1. The minimum Gasteiger partial charge on any atom is -0.507 e. The number of carbonyl (C=O) groups excluding carboxylic acids is 1. The van der Waals surface area contributed by atoms with Crippen LogP contribution in [0.3, 0.4) is 0 Å². The van der Waals surface area contributed by atoms with Crippen LogP contribution in [0.25, 0.3) is 0 Å². The van der Waals surface area contributed by atoms with E-state index in [-0.39, 0.29) is 17.2 Å². The van der Waals surface area contributed by atoms with Crippen LogP contribution in [0.4, 0.5) is 5.69 Å². The fourth-order valence-corrected chi connectivity index (χ4v) is 2.28. The van der Waals surface area contributed by atoms with E-state index < -0.39 is 11.5 Å². The molecule has 0 saturated heterocycles. The highest BCUT2D eigenvalue weighted by Crippen LogP contribution is 2.29. The molecular weight excluding hydrogens is 248 g/mol. The van der Waals surface area contributed by atoms with Crippen LogP contribution < -0.4 is 11.1 Å². The van der Waals surface area contributed by atoms with Crippen LogP contribution in [0.1, 0.15) is 36.0 Å². The molecule has 102 valence electrons. The average molecular weight is 264 g/mol. The standard InChI is InChI=1S/C13H16N2O4/c14-13(5-1-2-6-13)12(19)15-8-3-4-9(11(17)18)10(16)7-8/h3-4,7,16H,1-2,5-6,14H2,(H,15,19)(H,17,18). The molecule has 0 aromatic heterocycles. The Morgan fingerprint density at radius 3 is 2.42 bits per heavy atom. The van der Waals surface area contributed by atoms with Crippen LogP contribution >= 0.6 is 0 Å². The smallest absolute Gasteiger partial charge is 0.339 e. The summed E-state index contributed by atoms with van der Waals surface area (Å²) in [4.78, 5) is 22.8. The molecule has 2 rings (SSSR count). The second-order valence-corrected chi connectivity index (χ2v) is 4.85. The molecule has 0 heterocycles. The molecule has 5 N–H and O–H groups in total. The number of carboxylic acid groups (broad SMARTS) is 1. The lowest BCUT2D eigenvalue weighted by Gasteiger charge is -2.22. The van der Waals surface area contributed by atoms with Gasteiger partial charge in [0.25, 0.3) is 0 Å². The number of hydrogen-bond acceptors (Lipinski definition) is 4. The summed E-state index contributed by atoms with van der Waals surface area (Å²) in [5.74, 6) is -1.91. The normalized spacial score (nSPS) is 17.1. The minimum absolute atomic E-state index is 0.207. The molecular formula is C13H16N2O4. The van der Waals surface area contributed by atoms with Crippen molar-refractivity contribution in [2.45, 2.75) is 31.2 Å². The van der Waals surface area contributed by atoms with Gasteiger partial charge in [-0.2, -0.15) is 0 Å². The number of anilines is 1. The van der Waals surface area contributed by atoms with Gasteiger partial charge in [-0.25, -0.2) is 4.79 Å². The van der Waals surface area contributed by atoms with Gasteiger partial charge >= 0.3 is 5.97 Å². The van der Waals surface area contributed by atoms with Gasteiger partial charge in [0, 0.05) is 11.8 Å². The van der Waals surface area contributed by atoms with E-state index in [0.29, 0.717) is 18.5 Å². The molecule has 0 aliphatic heterocycles. The molecule has 6 heteroatoms. The second-order valence-electron chi connectivity index (χ2n) is 4.85. The van der Waals surface area contributed by atoms with Gasteiger partial charge in [-0.05, 0) is 25.0 Å². The third-order valence-corrected chi connectivity index (χ3v) is 3.43. The van der Waals surface area contributed by atoms with Crippen LogP contribution in [0.2, 0.25) is 0 Å². The number of nitrogens with two attached hydrogens (primary N) is 1. The molecule has 6 nitrogen and oxygen atoms in total. The SMILES string of the molecule is NC1(C(=O)Nc2ccc(C(=O)O)c(O)c2)CCCC1. The number of nitrogens with one attached hydrogen (secondary N) is 1. The Hall–Kier alpha value is -2.08. The average Bonchev–Trinajstić information content (AvgIpc) is 2.77. The van der Waals surface area contributed by atoms with Gasteiger partial charge in [-0.1, -0.05) is 12.8 Å². The van der Waals surface area contributed by atoms with E-state index in [1.807, 2.05) is 0 Å². The highest BCUT2D eigenvalue weighted by Gasteiger charge is 2.37. The summed E-state index contributed by atoms with van der Waals surface area (Å²) in [6.45, 7) is 0. The monoisotopic (exact) mass is 264 g/mol. The number of aromatic carboxylic acids is 1. The Morgan fingerprint density at radius 2 is 1.89 bits per heavy atom. The van der Waals surface area contributed by atoms with Gasteiger partial charge in [-0.15, -0.1) is 0 Å². The number of aromatic hydroxyl groups is 1. The summed E-state index contributed by atoms with van der Waals surface area (Å²) in [5, 5.41) is 20.9. The summed E-state index contributed by atoms with van der Waals surface area (Å²) in [6, 6.07) is 3.88. The molecule has 0 atom stereocenters. The van der Waals surface area contributed by atoms with E-state index in [1.165, 1.54) is 18.2 Å². The van der Waals surface area contributed by atoms with Crippen LogP contribution in [0, 0.1) is 0 Å². The van der Waals surface area contributed by atoms with Crippen molar-refractivity contribution in [1.29, 1.82) is 0 Å². The van der Waals surface area contributed by atoms with Gasteiger partial charge in [0.15, 0.2) is 0 Å². The Morgan fingerprint density at radius 1 is 1.26 bits per heavy atom. The largest absolute Gasteiger partial charge is 0.507 e. The summed E-state index contributed by atoms with van der Waals surface area (Å²) in [5.41, 5.74) is 5.27. The second kappa shape index (κ2) is 4.89. The lowest BCUT2D eigenvalue weighted by atomic mass is 9.98. The Bertz CT molecular complexity index is 521. The van der Waals surface area contributed by atoms with Crippen molar-refractivity contribution < 1.29 is 19.8 Å². The molecule has 1 aliphatic carbocycles. The van der Waals surface area contributed by atoms with Crippen LogP contribution in [-0.4, -0.2) is 27.6 Å². The van der Waals surface area contributed by atoms with Gasteiger partial charge in [0.1, 0.15) is 11.3 Å². The first-order chi connectivity index (χ1) is 8.92. The zero-order valence-electron chi connectivity index (χ0n) is 10.3. The first kappa shape index (κ1) is 13.4. The molecule has 1 fully saturated rings. The molecule has 19 heavy (non-hydrogen) atoms. The van der Waals surface area contributed by atoms with Crippen molar-refractivity contribution in [2.24, 2.45) is 5.73 Å². The predicted molar refractivity (Wildman–Crippen MR) is 69.1 cm³/mol. The van der Waals surface area contributed by atoms with Crippen LogP contribution in [-0.2, 0) is 4.79 Å². The number of benzene rings is 1. The number of hydrogen-bond donors (Lipinski definition) is 4. The molecule has 1 aliphatic rings. The summed E-state index contributed by atoms with van der Waals surface area (Å²) in [7, 11) is 0. The molecule has 0 spiro atoms. The maximum absolute atomic E-state index is 12.0. The van der Waals surface area contributed by atoms with E-state index >= 15 is 0 Å². The van der Waals surface area contributed by atoms with E-state index in [9.17, 15) is 14.7 Å².